The second kappa shape index (κ2) is 14.9. The molecule has 1 aliphatic rings. The average molecular weight is 747 g/mol. The van der Waals surface area contributed by atoms with Gasteiger partial charge in [0.25, 0.3) is 5.56 Å². The van der Waals surface area contributed by atoms with Crippen LogP contribution < -0.4 is 29.1 Å². The average Bonchev–Trinajstić information content (AvgIpc) is 3.34. The summed E-state index contributed by atoms with van der Waals surface area (Å²) in [4.78, 5) is 33.0. The molecule has 1 aromatic heterocycles. The van der Waals surface area contributed by atoms with E-state index in [0.717, 1.165) is 12.0 Å². The van der Waals surface area contributed by atoms with Gasteiger partial charge in [0.15, 0.2) is 16.3 Å². The lowest BCUT2D eigenvalue weighted by atomic mass is 9.93. The minimum absolute atomic E-state index is 0.168. The number of benzene rings is 3. The van der Waals surface area contributed by atoms with Gasteiger partial charge in [0.2, 0.25) is 0 Å². The number of methoxy groups -OCH3 is 2. The first-order valence-electron chi connectivity index (χ1n) is 14.5. The highest BCUT2D eigenvalue weighted by atomic mass is 79.9. The van der Waals surface area contributed by atoms with Crippen LogP contribution >= 0.6 is 50.5 Å². The molecule has 0 saturated carbocycles. The van der Waals surface area contributed by atoms with E-state index in [1.165, 1.54) is 23.0 Å². The summed E-state index contributed by atoms with van der Waals surface area (Å²) >= 11 is 17.3. The number of allylic oxidation sites excluding steroid dienone is 1. The molecule has 4 aromatic rings. The Morgan fingerprint density at radius 2 is 1.74 bits per heavy atom. The summed E-state index contributed by atoms with van der Waals surface area (Å²) in [5, 5.41) is 1.08. The Labute approximate surface area is 288 Å². The molecule has 2 heterocycles. The largest absolute Gasteiger partial charge is 0.496 e. The molecule has 0 unspecified atom stereocenters. The van der Waals surface area contributed by atoms with Crippen LogP contribution in [0.25, 0.3) is 6.08 Å². The smallest absolute Gasteiger partial charge is 0.338 e. The van der Waals surface area contributed by atoms with Crippen LogP contribution in [0.15, 0.2) is 80.1 Å². The summed E-state index contributed by atoms with van der Waals surface area (Å²) in [6.45, 7) is 4.22. The molecule has 46 heavy (non-hydrogen) atoms. The monoisotopic (exact) mass is 744 g/mol. The number of fused-ring (bicyclic) bond motifs is 1. The van der Waals surface area contributed by atoms with Crippen LogP contribution in [0, 0.1) is 0 Å². The van der Waals surface area contributed by atoms with Crippen molar-refractivity contribution in [3.63, 3.8) is 0 Å². The van der Waals surface area contributed by atoms with Gasteiger partial charge in [-0.1, -0.05) is 60.0 Å². The summed E-state index contributed by atoms with van der Waals surface area (Å²) in [6.07, 6.45) is 3.01. The number of nitrogens with zero attached hydrogens (tertiary/aromatic N) is 2. The van der Waals surface area contributed by atoms with Gasteiger partial charge in [0, 0.05) is 15.6 Å². The van der Waals surface area contributed by atoms with Crippen molar-refractivity contribution < 1.29 is 23.7 Å². The van der Waals surface area contributed by atoms with Gasteiger partial charge in [-0.05, 0) is 88.9 Å². The van der Waals surface area contributed by atoms with Crippen molar-refractivity contribution >= 4 is 62.5 Å². The molecule has 1 atom stereocenters. The van der Waals surface area contributed by atoms with Crippen molar-refractivity contribution in [3.05, 3.63) is 117 Å². The van der Waals surface area contributed by atoms with Gasteiger partial charge in [0.1, 0.15) is 18.4 Å². The maximum Gasteiger partial charge on any atom is 0.338 e. The maximum absolute atomic E-state index is 14.2. The van der Waals surface area contributed by atoms with Gasteiger partial charge in [-0.2, -0.15) is 0 Å². The summed E-state index contributed by atoms with van der Waals surface area (Å²) in [6, 6.07) is 15.3. The van der Waals surface area contributed by atoms with Crippen molar-refractivity contribution in [2.24, 2.45) is 4.99 Å². The fourth-order valence-corrected chi connectivity index (χ4v) is 7.09. The van der Waals surface area contributed by atoms with E-state index in [9.17, 15) is 9.59 Å². The first-order valence-corrected chi connectivity index (χ1v) is 16.9. The van der Waals surface area contributed by atoms with Gasteiger partial charge in [-0.25, -0.2) is 9.79 Å². The highest BCUT2D eigenvalue weighted by molar-refractivity contribution is 9.10. The van der Waals surface area contributed by atoms with E-state index < -0.39 is 12.0 Å². The third-order valence-corrected chi connectivity index (χ3v) is 9.28. The topological polar surface area (TPSA) is 88.4 Å². The predicted molar refractivity (Wildman–Crippen MR) is 184 cm³/mol. The lowest BCUT2D eigenvalue weighted by Crippen LogP contribution is -2.40. The number of hydrogen-bond acceptors (Lipinski definition) is 8. The second-order valence-corrected chi connectivity index (χ2v) is 13.0. The number of halogens is 3. The van der Waals surface area contributed by atoms with Crippen LogP contribution in [0.3, 0.4) is 0 Å². The number of carbonyl (C=O) groups is 1. The summed E-state index contributed by atoms with van der Waals surface area (Å²) in [7, 11) is 3.09. The van der Waals surface area contributed by atoms with Crippen LogP contribution in [-0.2, 0) is 16.1 Å². The summed E-state index contributed by atoms with van der Waals surface area (Å²) in [5.41, 5.74) is 2.72. The van der Waals surface area contributed by atoms with E-state index in [2.05, 4.69) is 15.9 Å². The van der Waals surface area contributed by atoms with Crippen molar-refractivity contribution in [2.45, 2.75) is 39.3 Å². The molecule has 0 bridgehead atoms. The first-order chi connectivity index (χ1) is 22.2. The van der Waals surface area contributed by atoms with Gasteiger partial charge in [-0.3, -0.25) is 9.36 Å². The number of aromatic nitrogens is 1. The third-order valence-electron chi connectivity index (χ3n) is 7.22. The van der Waals surface area contributed by atoms with E-state index in [4.69, 9.17) is 47.1 Å². The predicted octanol–water partition coefficient (Wildman–Crippen LogP) is 7.24. The molecular formula is C34H31BrCl2N2O6S. The highest BCUT2D eigenvalue weighted by Crippen LogP contribution is 2.39. The Balaban J connectivity index is 1.64. The third kappa shape index (κ3) is 7.05. The fourth-order valence-electron chi connectivity index (χ4n) is 5.18. The zero-order valence-electron chi connectivity index (χ0n) is 25.6. The Morgan fingerprint density at radius 1 is 1.02 bits per heavy atom. The van der Waals surface area contributed by atoms with Crippen molar-refractivity contribution in [2.75, 3.05) is 20.8 Å². The SMILES string of the molecule is CCCC1=C(C(=O)OCC)[C@H](c2cc(Cl)ccc2OC)n2c(s/c(=C/c3cc(Br)c(OCc4ccc(Cl)cc4)c(OC)c3)c2=O)=N1. The van der Waals surface area contributed by atoms with Crippen molar-refractivity contribution in [1.29, 1.82) is 0 Å². The Bertz CT molecular complexity index is 1990. The number of rotatable bonds is 11. The first kappa shape index (κ1) is 33.8. The maximum atomic E-state index is 14.2. The van der Waals surface area contributed by atoms with Gasteiger partial charge in [0.05, 0.1) is 41.1 Å². The lowest BCUT2D eigenvalue weighted by molar-refractivity contribution is -0.139. The van der Waals surface area contributed by atoms with E-state index in [0.29, 0.717) is 71.0 Å². The lowest BCUT2D eigenvalue weighted by Gasteiger charge is -2.27. The fraction of sp³-hybridized carbons (Fsp3) is 0.265. The van der Waals surface area contributed by atoms with Crippen LogP contribution in [0.5, 0.6) is 17.2 Å². The Kier molecular flexibility index (Phi) is 10.9. The van der Waals surface area contributed by atoms with Gasteiger partial charge < -0.3 is 18.9 Å². The molecule has 3 aromatic carbocycles. The Hall–Kier alpha value is -3.57. The van der Waals surface area contributed by atoms with Gasteiger partial charge >= 0.3 is 5.97 Å². The van der Waals surface area contributed by atoms with Crippen LogP contribution in [0.4, 0.5) is 0 Å². The summed E-state index contributed by atoms with van der Waals surface area (Å²) < 4.78 is 25.5. The molecule has 0 aliphatic carbocycles. The zero-order valence-corrected chi connectivity index (χ0v) is 29.5. The van der Waals surface area contributed by atoms with Crippen molar-refractivity contribution in [1.82, 2.24) is 4.57 Å². The Morgan fingerprint density at radius 3 is 2.41 bits per heavy atom. The number of ether oxygens (including phenoxy) is 4. The van der Waals surface area contributed by atoms with Gasteiger partial charge in [-0.15, -0.1) is 0 Å². The number of hydrogen-bond donors (Lipinski definition) is 0. The number of esters is 1. The minimum Gasteiger partial charge on any atom is -0.496 e. The standard InChI is InChI=1S/C34H31BrCl2N2O6S/c1-5-7-25-29(33(41)44-6-2)30(23-17-22(37)12-13-26(23)42-3)39-32(40)28(46-34(39)38-25)16-20-14-24(35)31(27(15-20)43-4)45-18-19-8-10-21(36)11-9-19/h8-17,30H,5-7,18H2,1-4H3/b28-16+/t30-/m0/s1. The molecule has 0 N–H and O–H groups in total. The molecule has 5 rings (SSSR count). The molecule has 0 spiro atoms. The molecule has 12 heteroatoms. The molecule has 0 fully saturated rings. The quantitative estimate of drug-likeness (QED) is 0.151. The molecule has 0 saturated heterocycles. The molecule has 0 amide bonds. The van der Waals surface area contributed by atoms with Crippen molar-refractivity contribution in [3.8, 4) is 17.2 Å². The van der Waals surface area contributed by atoms with Crippen LogP contribution in [0.2, 0.25) is 10.0 Å². The zero-order chi connectivity index (χ0) is 33.0. The molecule has 0 radical (unpaired) electrons. The molecule has 1 aliphatic heterocycles. The van der Waals surface area contributed by atoms with E-state index in [1.807, 2.05) is 25.1 Å². The van der Waals surface area contributed by atoms with E-state index in [1.54, 1.807) is 56.5 Å². The normalized spacial score (nSPS) is 14.5. The van der Waals surface area contributed by atoms with Crippen LogP contribution in [-0.4, -0.2) is 31.4 Å². The number of thiazole rings is 1. The minimum atomic E-state index is -0.863. The molecule has 8 nitrogen and oxygen atoms in total. The second-order valence-electron chi connectivity index (χ2n) is 10.2. The molecular weight excluding hydrogens is 715 g/mol. The number of carbonyl (C=O) groups excluding carboxylic acids is 1. The summed E-state index contributed by atoms with van der Waals surface area (Å²) in [5.74, 6) is 0.941. The van der Waals surface area contributed by atoms with E-state index in [-0.39, 0.29) is 17.7 Å². The van der Waals surface area contributed by atoms with Crippen LogP contribution in [0.1, 0.15) is 49.4 Å². The molecule has 240 valence electrons. The van der Waals surface area contributed by atoms with E-state index >= 15 is 0 Å². The highest BCUT2D eigenvalue weighted by Gasteiger charge is 2.36.